The van der Waals surface area contributed by atoms with Crippen LogP contribution in [-0.4, -0.2) is 29.9 Å². The standard InChI is InChI=1S/C62H40N6O/c1-4-19-39(20-5-1)40-35-37-43(38-36-40)57-63-55(41-21-6-2-7-22-41)65-59(67-57)61-47-28-11-14-31-50(47)62(51-32-15-12-29-48(51)61,52-33-16-13-30-49(52)61)60-66-56(42-23-8-3-9-24-42)64-58(68-60)46-27-18-26-45-44-25-10-17-34-53(44)69-54(45)46/h1-38,47,50H. The molecular formula is C62H40N6O. The number of para-hydroxylation sites is 2. The third-order valence-corrected chi connectivity index (χ3v) is 14.6. The average molecular weight is 885 g/mol. The average Bonchev–Trinajstić information content (AvgIpc) is 3.82. The lowest BCUT2D eigenvalue weighted by Gasteiger charge is -2.61. The molecule has 0 saturated heterocycles. The summed E-state index contributed by atoms with van der Waals surface area (Å²) in [6.07, 6.45) is 9.09. The van der Waals surface area contributed by atoms with Crippen molar-refractivity contribution in [3.05, 3.63) is 264 Å². The SMILES string of the molecule is C1=CC2C(C=C1)C1(c3nc(-c4ccccc4)nc(-c4cccc5c4oc4ccccc45)n3)c3ccccc3C2(c2nc(-c3ccccc3)nc(-c3ccc(-c4ccccc4)cc3)n2)c2ccccc21. The second-order valence-corrected chi connectivity index (χ2v) is 18.1. The maximum Gasteiger partial charge on any atom is 0.167 e. The Balaban J connectivity index is 1.05. The van der Waals surface area contributed by atoms with Gasteiger partial charge < -0.3 is 4.42 Å². The van der Waals surface area contributed by atoms with Crippen LogP contribution < -0.4 is 0 Å². The number of furan rings is 1. The highest BCUT2D eigenvalue weighted by Gasteiger charge is 2.68. The van der Waals surface area contributed by atoms with Gasteiger partial charge in [0.2, 0.25) is 0 Å². The van der Waals surface area contributed by atoms with Gasteiger partial charge >= 0.3 is 0 Å². The summed E-state index contributed by atoms with van der Waals surface area (Å²) in [5, 5.41) is 2.06. The predicted molar refractivity (Wildman–Crippen MR) is 272 cm³/mol. The van der Waals surface area contributed by atoms with Crippen molar-refractivity contribution < 1.29 is 4.42 Å². The first-order valence-electron chi connectivity index (χ1n) is 23.4. The number of hydrogen-bond acceptors (Lipinski definition) is 7. The van der Waals surface area contributed by atoms with E-state index >= 15 is 0 Å². The predicted octanol–water partition coefficient (Wildman–Crippen LogP) is 13.6. The number of aromatic nitrogens is 6. The van der Waals surface area contributed by atoms with Crippen molar-refractivity contribution in [2.75, 3.05) is 0 Å². The molecule has 7 heteroatoms. The molecule has 2 atom stereocenters. The summed E-state index contributed by atoms with van der Waals surface area (Å²) in [5.74, 6) is 3.42. The molecule has 0 N–H and O–H groups in total. The Labute approximate surface area is 398 Å². The molecule has 7 nitrogen and oxygen atoms in total. The molecule has 0 aliphatic heterocycles. The summed E-state index contributed by atoms with van der Waals surface area (Å²) >= 11 is 0. The molecule has 11 aromatic rings. The van der Waals surface area contributed by atoms with E-state index in [0.717, 1.165) is 77.6 Å². The molecule has 0 saturated carbocycles. The second kappa shape index (κ2) is 15.3. The molecular weight excluding hydrogens is 845 g/mol. The van der Waals surface area contributed by atoms with E-state index in [-0.39, 0.29) is 11.8 Å². The molecule has 2 unspecified atom stereocenters. The van der Waals surface area contributed by atoms with Gasteiger partial charge in [-0.3, -0.25) is 0 Å². The molecule has 0 amide bonds. The third-order valence-electron chi connectivity index (χ3n) is 14.6. The molecule has 0 spiro atoms. The van der Waals surface area contributed by atoms with Crippen LogP contribution in [0, 0.1) is 11.8 Å². The van der Waals surface area contributed by atoms with Gasteiger partial charge in [0.15, 0.2) is 23.3 Å². The van der Waals surface area contributed by atoms with E-state index in [0.29, 0.717) is 34.9 Å². The molecule has 8 aromatic carbocycles. The lowest BCUT2D eigenvalue weighted by atomic mass is 9.40. The zero-order chi connectivity index (χ0) is 45.5. The topological polar surface area (TPSA) is 90.5 Å². The first-order chi connectivity index (χ1) is 34.2. The first-order valence-corrected chi connectivity index (χ1v) is 23.4. The third kappa shape index (κ3) is 5.74. The van der Waals surface area contributed by atoms with Crippen LogP contribution in [0.15, 0.2) is 235 Å². The van der Waals surface area contributed by atoms with Crippen LogP contribution in [0.2, 0.25) is 0 Å². The maximum atomic E-state index is 6.66. The maximum absolute atomic E-state index is 6.66. The van der Waals surface area contributed by atoms with Crippen LogP contribution in [0.1, 0.15) is 33.9 Å². The zero-order valence-electron chi connectivity index (χ0n) is 37.2. The molecule has 3 heterocycles. The van der Waals surface area contributed by atoms with Crippen LogP contribution in [0.4, 0.5) is 0 Å². The molecule has 15 rings (SSSR count). The molecule has 4 aliphatic rings. The first kappa shape index (κ1) is 39.2. The van der Waals surface area contributed by atoms with Gasteiger partial charge in [-0.2, -0.15) is 0 Å². The van der Waals surface area contributed by atoms with Gasteiger partial charge in [0, 0.05) is 39.3 Å². The van der Waals surface area contributed by atoms with Crippen molar-refractivity contribution in [1.29, 1.82) is 0 Å². The quantitative estimate of drug-likeness (QED) is 0.157. The largest absolute Gasteiger partial charge is 0.455 e. The van der Waals surface area contributed by atoms with Crippen molar-refractivity contribution in [3.63, 3.8) is 0 Å². The van der Waals surface area contributed by atoms with Crippen LogP contribution in [-0.2, 0) is 10.8 Å². The minimum Gasteiger partial charge on any atom is -0.455 e. The van der Waals surface area contributed by atoms with Gasteiger partial charge in [0.25, 0.3) is 0 Å². The number of benzene rings is 8. The van der Waals surface area contributed by atoms with Gasteiger partial charge in [-0.15, -0.1) is 0 Å². The van der Waals surface area contributed by atoms with Gasteiger partial charge in [-0.1, -0.05) is 218 Å². The summed E-state index contributed by atoms with van der Waals surface area (Å²) in [6, 6.07) is 71.6. The Bertz CT molecular complexity index is 3820. The number of fused-ring (bicyclic) bond motifs is 3. The molecule has 69 heavy (non-hydrogen) atoms. The van der Waals surface area contributed by atoms with Crippen molar-refractivity contribution in [2.45, 2.75) is 10.8 Å². The van der Waals surface area contributed by atoms with E-state index in [1.807, 2.05) is 60.7 Å². The minimum absolute atomic E-state index is 0.161. The van der Waals surface area contributed by atoms with E-state index in [9.17, 15) is 0 Å². The number of hydrogen-bond donors (Lipinski definition) is 0. The molecule has 324 valence electrons. The highest BCUT2D eigenvalue weighted by atomic mass is 16.3. The fourth-order valence-corrected chi connectivity index (χ4v) is 11.7. The van der Waals surface area contributed by atoms with Gasteiger partial charge in [0.05, 0.1) is 16.4 Å². The van der Waals surface area contributed by atoms with Crippen molar-refractivity contribution in [1.82, 2.24) is 29.9 Å². The molecule has 0 radical (unpaired) electrons. The Hall–Kier alpha value is -8.94. The fourth-order valence-electron chi connectivity index (χ4n) is 11.7. The Morgan fingerprint density at radius 1 is 0.319 bits per heavy atom. The molecule has 0 fully saturated rings. The zero-order valence-corrected chi connectivity index (χ0v) is 37.2. The van der Waals surface area contributed by atoms with E-state index in [4.69, 9.17) is 34.3 Å². The van der Waals surface area contributed by atoms with Crippen molar-refractivity contribution in [2.24, 2.45) is 11.8 Å². The van der Waals surface area contributed by atoms with Crippen molar-refractivity contribution >= 4 is 21.9 Å². The van der Waals surface area contributed by atoms with Crippen molar-refractivity contribution in [3.8, 4) is 56.7 Å². The highest BCUT2D eigenvalue weighted by Crippen LogP contribution is 2.68. The van der Waals surface area contributed by atoms with E-state index in [2.05, 4.69) is 170 Å². The Morgan fingerprint density at radius 2 is 0.710 bits per heavy atom. The lowest BCUT2D eigenvalue weighted by molar-refractivity contribution is 0.202. The molecule has 3 aromatic heterocycles. The van der Waals surface area contributed by atoms with Gasteiger partial charge in [-0.25, -0.2) is 29.9 Å². The number of rotatable bonds is 7. The molecule has 2 bridgehead atoms. The number of nitrogens with zero attached hydrogens (tertiary/aromatic N) is 6. The summed E-state index contributed by atoms with van der Waals surface area (Å²) < 4.78 is 6.66. The lowest BCUT2D eigenvalue weighted by Crippen LogP contribution is -2.61. The van der Waals surface area contributed by atoms with Gasteiger partial charge in [-0.05, 0) is 45.5 Å². The van der Waals surface area contributed by atoms with E-state index in [1.165, 1.54) is 0 Å². The normalized spacial score (nSPS) is 19.6. The van der Waals surface area contributed by atoms with Crippen LogP contribution in [0.3, 0.4) is 0 Å². The second-order valence-electron chi connectivity index (χ2n) is 18.1. The number of allylic oxidation sites excluding steroid dienone is 4. The van der Waals surface area contributed by atoms with E-state index in [1.54, 1.807) is 0 Å². The summed E-state index contributed by atoms with van der Waals surface area (Å²) in [4.78, 5) is 33.1. The smallest absolute Gasteiger partial charge is 0.167 e. The van der Waals surface area contributed by atoms with Crippen LogP contribution in [0.25, 0.3) is 78.6 Å². The minimum atomic E-state index is -0.866. The Kier molecular flexibility index (Phi) is 8.70. The Morgan fingerprint density at radius 3 is 1.25 bits per heavy atom. The fraction of sp³-hybridized carbons (Fsp3) is 0.0645. The van der Waals surface area contributed by atoms with E-state index < -0.39 is 10.8 Å². The summed E-state index contributed by atoms with van der Waals surface area (Å²) in [7, 11) is 0. The summed E-state index contributed by atoms with van der Waals surface area (Å²) in [6.45, 7) is 0. The van der Waals surface area contributed by atoms with Crippen LogP contribution in [0.5, 0.6) is 0 Å². The molecule has 4 aliphatic carbocycles. The van der Waals surface area contributed by atoms with Crippen LogP contribution >= 0.6 is 0 Å². The summed E-state index contributed by atoms with van der Waals surface area (Å²) in [5.41, 5.74) is 10.1. The van der Waals surface area contributed by atoms with Gasteiger partial charge in [0.1, 0.15) is 22.8 Å². The highest BCUT2D eigenvalue weighted by molar-refractivity contribution is 6.09. The monoisotopic (exact) mass is 884 g/mol.